The molecule has 0 heterocycles. The summed E-state index contributed by atoms with van der Waals surface area (Å²) in [6, 6.07) is 0. The van der Waals surface area contributed by atoms with E-state index in [9.17, 15) is 19.5 Å². The summed E-state index contributed by atoms with van der Waals surface area (Å²) in [7, 11) is 0. The first-order valence-corrected chi connectivity index (χ1v) is 12.1. The molecule has 1 N–H and O–H groups in total. The summed E-state index contributed by atoms with van der Waals surface area (Å²) in [6.07, 6.45) is 0.584. The van der Waals surface area contributed by atoms with Crippen LogP contribution in [0, 0.1) is 28.6 Å². The van der Waals surface area contributed by atoms with Crippen molar-refractivity contribution in [1.82, 2.24) is 0 Å². The van der Waals surface area contributed by atoms with Gasteiger partial charge in [0.2, 0.25) is 0 Å². The van der Waals surface area contributed by atoms with E-state index in [1.54, 1.807) is 20.8 Å². The van der Waals surface area contributed by atoms with E-state index in [1.165, 1.54) is 19.1 Å². The van der Waals surface area contributed by atoms with Gasteiger partial charge in [-0.2, -0.15) is 0 Å². The number of fused-ring (bicyclic) bond motifs is 5. The number of hydrogen-bond acceptors (Lipinski definition) is 5. The van der Waals surface area contributed by atoms with Crippen molar-refractivity contribution in [2.75, 3.05) is 5.88 Å². The molecular formula is C25H31ClF2O5. The maximum absolute atomic E-state index is 17.2. The van der Waals surface area contributed by atoms with Crippen LogP contribution in [0.2, 0.25) is 0 Å². The third-order valence-corrected chi connectivity index (χ3v) is 9.51. The van der Waals surface area contributed by atoms with Crippen molar-refractivity contribution in [2.45, 2.75) is 76.9 Å². The van der Waals surface area contributed by atoms with Crippen molar-refractivity contribution in [1.29, 1.82) is 0 Å². The van der Waals surface area contributed by atoms with Crippen LogP contribution in [-0.2, 0) is 19.1 Å². The third kappa shape index (κ3) is 2.87. The highest BCUT2D eigenvalue weighted by Crippen LogP contribution is 2.71. The maximum Gasteiger partial charge on any atom is 0.306 e. The number of esters is 1. The van der Waals surface area contributed by atoms with Crippen LogP contribution in [0.15, 0.2) is 23.8 Å². The van der Waals surface area contributed by atoms with Crippen molar-refractivity contribution in [3.05, 3.63) is 23.8 Å². The van der Waals surface area contributed by atoms with Crippen LogP contribution in [0.1, 0.15) is 53.4 Å². The molecule has 0 unspecified atom stereocenters. The van der Waals surface area contributed by atoms with E-state index >= 15 is 8.78 Å². The molecule has 3 saturated carbocycles. The zero-order valence-electron chi connectivity index (χ0n) is 19.4. The average molecular weight is 485 g/mol. The first kappa shape index (κ1) is 24.5. The molecule has 0 aromatic rings. The minimum atomic E-state index is -2.25. The van der Waals surface area contributed by atoms with Crippen LogP contribution in [-0.4, -0.2) is 52.1 Å². The molecule has 9 atom stereocenters. The van der Waals surface area contributed by atoms with Gasteiger partial charge >= 0.3 is 5.97 Å². The Bertz CT molecular complexity index is 964. The van der Waals surface area contributed by atoms with Crippen LogP contribution in [0.25, 0.3) is 0 Å². The lowest BCUT2D eigenvalue weighted by molar-refractivity contribution is -0.230. The smallest absolute Gasteiger partial charge is 0.306 e. The number of alkyl halides is 3. The number of carbonyl (C=O) groups excluding carboxylic acids is 3. The van der Waals surface area contributed by atoms with Gasteiger partial charge in [0.05, 0.1) is 12.0 Å². The van der Waals surface area contributed by atoms with Crippen LogP contribution >= 0.6 is 11.6 Å². The number of rotatable bonds is 4. The second-order valence-electron chi connectivity index (χ2n) is 10.6. The van der Waals surface area contributed by atoms with Crippen LogP contribution in [0.3, 0.4) is 0 Å². The van der Waals surface area contributed by atoms with Crippen LogP contribution < -0.4 is 0 Å². The molecule has 0 aliphatic heterocycles. The van der Waals surface area contributed by atoms with Crippen molar-refractivity contribution >= 4 is 29.1 Å². The summed E-state index contributed by atoms with van der Waals surface area (Å²) in [5.74, 6) is -3.84. The summed E-state index contributed by atoms with van der Waals surface area (Å²) in [5.41, 5.74) is -6.47. The molecule has 33 heavy (non-hydrogen) atoms. The number of halogens is 3. The molecule has 0 radical (unpaired) electrons. The fourth-order valence-corrected chi connectivity index (χ4v) is 7.94. The second kappa shape index (κ2) is 7.70. The summed E-state index contributed by atoms with van der Waals surface area (Å²) in [4.78, 5) is 37.7. The monoisotopic (exact) mass is 484 g/mol. The van der Waals surface area contributed by atoms with Gasteiger partial charge in [-0.05, 0) is 49.8 Å². The molecule has 0 aromatic carbocycles. The van der Waals surface area contributed by atoms with Crippen LogP contribution in [0.4, 0.5) is 8.78 Å². The second-order valence-corrected chi connectivity index (χ2v) is 10.9. The van der Waals surface area contributed by atoms with Gasteiger partial charge in [-0.25, -0.2) is 8.78 Å². The van der Waals surface area contributed by atoms with Gasteiger partial charge in [-0.3, -0.25) is 14.4 Å². The predicted octanol–water partition coefficient (Wildman–Crippen LogP) is 4.05. The number of aliphatic hydroxyl groups excluding tert-OH is 1. The Morgan fingerprint density at radius 1 is 1.27 bits per heavy atom. The molecule has 0 bridgehead atoms. The van der Waals surface area contributed by atoms with E-state index in [2.05, 4.69) is 0 Å². The zero-order valence-corrected chi connectivity index (χ0v) is 20.1. The highest BCUT2D eigenvalue weighted by atomic mass is 35.5. The molecule has 0 amide bonds. The number of carbonyl (C=O) groups is 3. The number of aliphatic hydroxyl groups is 1. The van der Waals surface area contributed by atoms with Gasteiger partial charge in [0.25, 0.3) is 0 Å². The van der Waals surface area contributed by atoms with Crippen molar-refractivity contribution in [3.8, 4) is 0 Å². The summed E-state index contributed by atoms with van der Waals surface area (Å²) in [5, 5.41) is 11.4. The molecule has 0 spiro atoms. The molecule has 0 saturated heterocycles. The van der Waals surface area contributed by atoms with Gasteiger partial charge in [-0.15, -0.1) is 11.6 Å². The first-order valence-electron chi connectivity index (χ1n) is 11.6. The van der Waals surface area contributed by atoms with E-state index in [0.29, 0.717) is 6.42 Å². The highest BCUT2D eigenvalue weighted by molar-refractivity contribution is 6.29. The molecule has 0 aromatic heterocycles. The number of Topliss-reactive ketones (excluding diaryl/α,β-unsaturated/α-hetero) is 1. The molecule has 182 valence electrons. The summed E-state index contributed by atoms with van der Waals surface area (Å²) < 4.78 is 38.5. The number of hydrogen-bond donors (Lipinski definition) is 1. The summed E-state index contributed by atoms with van der Waals surface area (Å²) >= 11 is 5.97. The van der Waals surface area contributed by atoms with E-state index in [0.717, 1.165) is 6.08 Å². The number of ether oxygens (including phenoxy) is 1. The molecule has 4 aliphatic carbocycles. The van der Waals surface area contributed by atoms with Gasteiger partial charge in [0.1, 0.15) is 6.17 Å². The highest BCUT2D eigenvalue weighted by Gasteiger charge is 2.77. The quantitative estimate of drug-likeness (QED) is 0.481. The third-order valence-electron chi connectivity index (χ3n) is 9.27. The van der Waals surface area contributed by atoms with Gasteiger partial charge in [-0.1, -0.05) is 26.8 Å². The molecule has 8 heteroatoms. The Morgan fingerprint density at radius 2 is 1.94 bits per heavy atom. The number of ketones is 2. The topological polar surface area (TPSA) is 80.7 Å². The van der Waals surface area contributed by atoms with E-state index in [1.807, 2.05) is 0 Å². The maximum atomic E-state index is 17.2. The van der Waals surface area contributed by atoms with Gasteiger partial charge in [0, 0.05) is 29.1 Å². The largest absolute Gasteiger partial charge is 0.450 e. The lowest BCUT2D eigenvalue weighted by atomic mass is 9.44. The summed E-state index contributed by atoms with van der Waals surface area (Å²) in [6.45, 7) is 6.64. The van der Waals surface area contributed by atoms with Crippen LogP contribution in [0.5, 0.6) is 0 Å². The lowest BCUT2D eigenvalue weighted by Gasteiger charge is -2.63. The van der Waals surface area contributed by atoms with Gasteiger partial charge < -0.3 is 9.84 Å². The minimum Gasteiger partial charge on any atom is -0.450 e. The van der Waals surface area contributed by atoms with E-state index in [-0.39, 0.29) is 24.8 Å². The predicted molar refractivity (Wildman–Crippen MR) is 118 cm³/mol. The zero-order chi connectivity index (χ0) is 24.6. The Hall–Kier alpha value is -1.60. The SMILES string of the molecule is CCC(=O)O[C@@]1(C(=O)CCl)[C@H](C)C[C@@H]2[C@H]3C[C@H](F)C4=CC(=O)C=C[C@]4(C)[C@]3(F)[C@@H](O)C[C@]21C. The Morgan fingerprint density at radius 3 is 2.55 bits per heavy atom. The standard InChI is InChI=1S/C25H31ClF2O5/c1-5-21(32)33-25(20(31)12-26)13(2)8-15-16-10-18(27)17-9-14(29)6-7-22(17,3)24(16,28)19(30)11-23(15,25)4/h6-7,9,13,15-16,18-19,30H,5,8,10-12H2,1-4H3/t13-,15-,16-,18+,19+,22+,23-,24-,25-/m1/s1. The Kier molecular flexibility index (Phi) is 5.73. The minimum absolute atomic E-state index is 0.0431. The Balaban J connectivity index is 1.88. The van der Waals surface area contributed by atoms with Crippen molar-refractivity contribution in [2.24, 2.45) is 28.6 Å². The molecule has 3 fully saturated rings. The average Bonchev–Trinajstić information content (AvgIpc) is 2.98. The normalized spacial score (nSPS) is 48.4. The fraction of sp³-hybridized carbons (Fsp3) is 0.720. The molecule has 4 rings (SSSR count). The lowest BCUT2D eigenvalue weighted by Crippen LogP contribution is -2.71. The first-order chi connectivity index (χ1) is 15.3. The van der Waals surface area contributed by atoms with Crippen molar-refractivity contribution in [3.63, 3.8) is 0 Å². The fourth-order valence-electron chi connectivity index (χ4n) is 7.74. The van der Waals surface area contributed by atoms with Crippen molar-refractivity contribution < 1.29 is 33.0 Å². The van der Waals surface area contributed by atoms with E-state index in [4.69, 9.17) is 16.3 Å². The van der Waals surface area contributed by atoms with E-state index < -0.39 is 75.5 Å². The van der Waals surface area contributed by atoms with Gasteiger partial charge in [0.15, 0.2) is 22.8 Å². The Labute approximate surface area is 197 Å². The molecule has 4 aliphatic rings. The number of allylic oxidation sites excluding steroid dienone is 4. The molecular weight excluding hydrogens is 454 g/mol. The molecule has 5 nitrogen and oxygen atoms in total.